The van der Waals surface area contributed by atoms with E-state index in [1.165, 1.54) is 0 Å². The molecular weight excluding hydrogens is 144 g/mol. The van der Waals surface area contributed by atoms with Crippen molar-refractivity contribution in [1.82, 2.24) is 0 Å². The molecule has 0 fully saturated rings. The summed E-state index contributed by atoms with van der Waals surface area (Å²) in [4.78, 5) is 19.1. The van der Waals surface area contributed by atoms with Gasteiger partial charge in [0.2, 0.25) is 0 Å². The van der Waals surface area contributed by atoms with Gasteiger partial charge in [0.15, 0.2) is 0 Å². The van der Waals surface area contributed by atoms with Crippen molar-refractivity contribution in [1.29, 1.82) is 0 Å². The third kappa shape index (κ3) is 26.8. The van der Waals surface area contributed by atoms with Crippen LogP contribution in [0.4, 0.5) is 0 Å². The summed E-state index contributed by atoms with van der Waals surface area (Å²) in [7, 11) is 0. The van der Waals surface area contributed by atoms with Crippen LogP contribution in [0.25, 0.3) is 0 Å². The zero-order valence-corrected chi connectivity index (χ0v) is 6.95. The van der Waals surface area contributed by atoms with Crippen LogP contribution in [-0.2, 0) is 9.59 Å². The molecule has 0 aliphatic carbocycles. The van der Waals surface area contributed by atoms with Crippen LogP contribution in [0.2, 0.25) is 0 Å². The van der Waals surface area contributed by atoms with Gasteiger partial charge in [0.05, 0.1) is 0 Å². The normalized spacial score (nSPS) is 7.82. The lowest BCUT2D eigenvalue weighted by atomic mass is 10.3. The summed E-state index contributed by atoms with van der Waals surface area (Å²) in [6.45, 7) is 2.25. The van der Waals surface area contributed by atoms with Gasteiger partial charge in [-0.15, -0.1) is 0 Å². The molecule has 0 rings (SSSR count). The SMILES string of the molecule is CCCO.O=CCCCC=O. The number of aliphatic hydroxyl groups is 1. The summed E-state index contributed by atoms with van der Waals surface area (Å²) in [6.07, 6.45) is 4.25. The number of rotatable bonds is 5. The predicted octanol–water partition coefficient (Wildman–Crippen LogP) is 0.943. The fraction of sp³-hybridized carbons (Fsp3) is 0.750. The molecule has 0 unspecified atom stereocenters. The maximum atomic E-state index is 9.56. The molecular formula is C8H16O3. The highest BCUT2D eigenvalue weighted by molar-refractivity contribution is 5.52. The molecule has 0 saturated heterocycles. The Balaban J connectivity index is 0. The molecule has 0 bridgehead atoms. The molecule has 0 spiro atoms. The van der Waals surface area contributed by atoms with E-state index in [2.05, 4.69) is 0 Å². The molecule has 0 radical (unpaired) electrons. The van der Waals surface area contributed by atoms with Crippen LogP contribution in [0, 0.1) is 0 Å². The minimum Gasteiger partial charge on any atom is -0.396 e. The molecule has 0 aliphatic rings. The second-order valence-electron chi connectivity index (χ2n) is 1.99. The number of carbonyl (C=O) groups is 2. The van der Waals surface area contributed by atoms with Gasteiger partial charge in [-0.05, 0) is 12.8 Å². The third-order valence-electron chi connectivity index (χ3n) is 0.868. The molecule has 66 valence electrons. The van der Waals surface area contributed by atoms with E-state index in [1.807, 2.05) is 6.92 Å². The fourth-order valence-corrected chi connectivity index (χ4v) is 0.285. The molecule has 11 heavy (non-hydrogen) atoms. The molecule has 0 saturated carbocycles. The van der Waals surface area contributed by atoms with Gasteiger partial charge in [-0.3, -0.25) is 0 Å². The van der Waals surface area contributed by atoms with Crippen LogP contribution in [0.3, 0.4) is 0 Å². The van der Waals surface area contributed by atoms with Crippen LogP contribution in [-0.4, -0.2) is 24.3 Å². The van der Waals surface area contributed by atoms with Crippen LogP contribution in [0.5, 0.6) is 0 Å². The Hall–Kier alpha value is -0.700. The average Bonchev–Trinajstić information content (AvgIpc) is 2.06. The minimum absolute atomic E-state index is 0.319. The van der Waals surface area contributed by atoms with Gasteiger partial charge >= 0.3 is 0 Å². The number of carbonyl (C=O) groups excluding carboxylic acids is 2. The standard InChI is InChI=1S/C5H8O2.C3H8O/c6-4-2-1-3-5-7;1-2-3-4/h4-5H,1-3H2;4H,2-3H2,1H3. The van der Waals surface area contributed by atoms with Gasteiger partial charge in [0.25, 0.3) is 0 Å². The smallest absolute Gasteiger partial charge is 0.120 e. The molecule has 0 atom stereocenters. The van der Waals surface area contributed by atoms with E-state index in [4.69, 9.17) is 5.11 Å². The Morgan fingerprint density at radius 2 is 1.55 bits per heavy atom. The number of aldehydes is 2. The Morgan fingerprint density at radius 1 is 1.18 bits per heavy atom. The molecule has 0 aromatic rings. The van der Waals surface area contributed by atoms with E-state index in [0.29, 0.717) is 25.9 Å². The second-order valence-corrected chi connectivity index (χ2v) is 1.99. The monoisotopic (exact) mass is 160 g/mol. The van der Waals surface area contributed by atoms with Crippen molar-refractivity contribution in [3.05, 3.63) is 0 Å². The van der Waals surface area contributed by atoms with Crippen molar-refractivity contribution in [3.8, 4) is 0 Å². The molecule has 0 amide bonds. The van der Waals surface area contributed by atoms with Gasteiger partial charge in [-0.25, -0.2) is 0 Å². The first-order valence-electron chi connectivity index (χ1n) is 3.81. The van der Waals surface area contributed by atoms with Crippen molar-refractivity contribution >= 4 is 12.6 Å². The third-order valence-corrected chi connectivity index (χ3v) is 0.868. The van der Waals surface area contributed by atoms with Crippen molar-refractivity contribution in [2.24, 2.45) is 0 Å². The largest absolute Gasteiger partial charge is 0.396 e. The van der Waals surface area contributed by atoms with Crippen molar-refractivity contribution in [2.45, 2.75) is 32.6 Å². The zero-order chi connectivity index (χ0) is 8.95. The van der Waals surface area contributed by atoms with Gasteiger partial charge in [-0.2, -0.15) is 0 Å². The maximum Gasteiger partial charge on any atom is 0.120 e. The number of aliphatic hydroxyl groups excluding tert-OH is 1. The lowest BCUT2D eigenvalue weighted by molar-refractivity contribution is -0.108. The van der Waals surface area contributed by atoms with Crippen LogP contribution in [0.15, 0.2) is 0 Å². The lowest BCUT2D eigenvalue weighted by Gasteiger charge is -1.78. The molecule has 0 aromatic heterocycles. The highest BCUT2D eigenvalue weighted by Crippen LogP contribution is 1.85. The summed E-state index contributed by atoms with van der Waals surface area (Å²) in [5, 5.41) is 7.88. The maximum absolute atomic E-state index is 9.56. The molecule has 0 aromatic carbocycles. The van der Waals surface area contributed by atoms with Crippen LogP contribution in [0.1, 0.15) is 32.6 Å². The van der Waals surface area contributed by atoms with Gasteiger partial charge < -0.3 is 14.7 Å². The van der Waals surface area contributed by atoms with Crippen LogP contribution < -0.4 is 0 Å². The van der Waals surface area contributed by atoms with E-state index in [1.54, 1.807) is 0 Å². The Kier molecular flexibility index (Phi) is 19.0. The Morgan fingerprint density at radius 3 is 1.73 bits per heavy atom. The van der Waals surface area contributed by atoms with Crippen molar-refractivity contribution < 1.29 is 14.7 Å². The molecule has 3 heteroatoms. The topological polar surface area (TPSA) is 54.4 Å². The van der Waals surface area contributed by atoms with E-state index in [0.717, 1.165) is 19.0 Å². The highest BCUT2D eigenvalue weighted by atomic mass is 16.2. The zero-order valence-electron chi connectivity index (χ0n) is 6.95. The molecule has 0 heterocycles. The second kappa shape index (κ2) is 16.1. The summed E-state index contributed by atoms with van der Waals surface area (Å²) >= 11 is 0. The van der Waals surface area contributed by atoms with E-state index >= 15 is 0 Å². The van der Waals surface area contributed by atoms with Gasteiger partial charge in [0, 0.05) is 19.4 Å². The van der Waals surface area contributed by atoms with Gasteiger partial charge in [0.1, 0.15) is 12.6 Å². The summed E-state index contributed by atoms with van der Waals surface area (Å²) < 4.78 is 0. The van der Waals surface area contributed by atoms with E-state index in [-0.39, 0.29) is 0 Å². The number of unbranched alkanes of at least 4 members (excludes halogenated alkanes) is 2. The van der Waals surface area contributed by atoms with E-state index < -0.39 is 0 Å². The molecule has 1 N–H and O–H groups in total. The molecule has 0 aliphatic heterocycles. The first-order chi connectivity index (χ1) is 5.33. The van der Waals surface area contributed by atoms with Crippen molar-refractivity contribution in [3.63, 3.8) is 0 Å². The van der Waals surface area contributed by atoms with Gasteiger partial charge in [-0.1, -0.05) is 6.92 Å². The minimum atomic E-state index is 0.319. The fourth-order valence-electron chi connectivity index (χ4n) is 0.285. The number of hydrogen-bond donors (Lipinski definition) is 1. The summed E-state index contributed by atoms with van der Waals surface area (Å²) in [5.41, 5.74) is 0. The van der Waals surface area contributed by atoms with Crippen molar-refractivity contribution in [2.75, 3.05) is 6.61 Å². The quantitative estimate of drug-likeness (QED) is 0.481. The summed E-state index contributed by atoms with van der Waals surface area (Å²) in [6, 6.07) is 0. The molecule has 3 nitrogen and oxygen atoms in total. The summed E-state index contributed by atoms with van der Waals surface area (Å²) in [5.74, 6) is 0. The van der Waals surface area contributed by atoms with E-state index in [9.17, 15) is 9.59 Å². The number of hydrogen-bond acceptors (Lipinski definition) is 3. The predicted molar refractivity (Wildman–Crippen MR) is 43.4 cm³/mol. The van der Waals surface area contributed by atoms with Crippen LogP contribution >= 0.6 is 0 Å². The average molecular weight is 160 g/mol. The Bertz CT molecular complexity index is 71.4. The highest BCUT2D eigenvalue weighted by Gasteiger charge is 1.80. The first kappa shape index (κ1) is 12.9. The first-order valence-corrected chi connectivity index (χ1v) is 3.81. The lowest BCUT2D eigenvalue weighted by Crippen LogP contribution is -1.76. The Labute approximate surface area is 67.4 Å².